The van der Waals surface area contributed by atoms with E-state index in [0.29, 0.717) is 22.0 Å². The van der Waals surface area contributed by atoms with Crippen LogP contribution in [0, 0.1) is 0 Å². The number of phenolic OH excluding ortho intramolecular Hbond substituents is 1. The number of rotatable bonds is 6. The van der Waals surface area contributed by atoms with Gasteiger partial charge in [0, 0.05) is 16.8 Å². The lowest BCUT2D eigenvalue weighted by molar-refractivity contribution is -0.152. The number of hydrogen-bond acceptors (Lipinski definition) is 6. The second kappa shape index (κ2) is 10.8. The van der Waals surface area contributed by atoms with E-state index in [1.807, 2.05) is 0 Å². The van der Waals surface area contributed by atoms with Crippen LogP contribution >= 0.6 is 34.8 Å². The van der Waals surface area contributed by atoms with E-state index in [9.17, 15) is 19.8 Å². The molecule has 33 heavy (non-hydrogen) atoms. The van der Waals surface area contributed by atoms with Crippen LogP contribution in [-0.2, 0) is 14.3 Å². The van der Waals surface area contributed by atoms with Crippen LogP contribution in [0.2, 0.25) is 15.1 Å². The average molecular weight is 511 g/mol. The molecule has 10 heteroatoms. The number of aliphatic hydroxyl groups is 1. The van der Waals surface area contributed by atoms with Crippen molar-refractivity contribution < 1.29 is 29.3 Å². The molecule has 0 aliphatic carbocycles. The van der Waals surface area contributed by atoms with Gasteiger partial charge in [-0.2, -0.15) is 0 Å². The molecule has 0 spiro atoms. The third-order valence-corrected chi connectivity index (χ3v) is 5.38. The highest BCUT2D eigenvalue weighted by atomic mass is 35.5. The highest BCUT2D eigenvalue weighted by molar-refractivity contribution is 6.38. The maximum Gasteiger partial charge on any atom is 0.397 e. The first-order valence-corrected chi connectivity index (χ1v) is 10.7. The molecule has 0 heterocycles. The van der Waals surface area contributed by atoms with E-state index in [1.165, 1.54) is 30.3 Å². The Bertz CT molecular complexity index is 1170. The summed E-state index contributed by atoms with van der Waals surface area (Å²) in [4.78, 5) is 23.2. The van der Waals surface area contributed by atoms with E-state index in [-0.39, 0.29) is 28.0 Å². The van der Waals surface area contributed by atoms with Crippen LogP contribution in [0.25, 0.3) is 0 Å². The largest absolute Gasteiger partial charge is 0.505 e. The maximum atomic E-state index is 11.8. The summed E-state index contributed by atoms with van der Waals surface area (Å²) in [6, 6.07) is 13.8. The molecule has 1 amide bonds. The summed E-state index contributed by atoms with van der Waals surface area (Å²) in [5.41, 5.74) is 0.897. The predicted molar refractivity (Wildman–Crippen MR) is 125 cm³/mol. The fraction of sp³-hybridized carbons (Fsp3) is 0.130. The monoisotopic (exact) mass is 509 g/mol. The first-order valence-electron chi connectivity index (χ1n) is 9.61. The van der Waals surface area contributed by atoms with E-state index < -0.39 is 23.7 Å². The Balaban J connectivity index is 1.88. The van der Waals surface area contributed by atoms with E-state index in [4.69, 9.17) is 39.5 Å². The quantitative estimate of drug-likeness (QED) is 0.289. The number of aliphatic hydroxyl groups excluding tert-OH is 1. The minimum absolute atomic E-state index is 0.0691. The lowest BCUT2D eigenvalue weighted by atomic mass is 10.00. The summed E-state index contributed by atoms with van der Waals surface area (Å²) in [6.45, 7) is 1.68. The Morgan fingerprint density at radius 3 is 2.27 bits per heavy atom. The summed E-state index contributed by atoms with van der Waals surface area (Å²) in [5, 5.41) is 23.8. The minimum Gasteiger partial charge on any atom is -0.505 e. The summed E-state index contributed by atoms with van der Waals surface area (Å²) in [5.74, 6) is -1.88. The molecule has 0 bridgehead atoms. The van der Waals surface area contributed by atoms with E-state index in [1.54, 1.807) is 31.2 Å². The van der Waals surface area contributed by atoms with Gasteiger partial charge >= 0.3 is 11.9 Å². The van der Waals surface area contributed by atoms with Crippen molar-refractivity contribution in [1.82, 2.24) is 0 Å². The number of aromatic hydroxyl groups is 1. The fourth-order valence-corrected chi connectivity index (χ4v) is 3.53. The van der Waals surface area contributed by atoms with Gasteiger partial charge in [-0.05, 0) is 48.9 Å². The Morgan fingerprint density at radius 2 is 1.67 bits per heavy atom. The molecule has 3 aromatic rings. The molecule has 0 aliphatic heterocycles. The fourth-order valence-electron chi connectivity index (χ4n) is 2.86. The lowest BCUT2D eigenvalue weighted by Crippen LogP contribution is -2.24. The van der Waals surface area contributed by atoms with Crippen molar-refractivity contribution in [3.8, 4) is 17.2 Å². The number of halogens is 3. The molecule has 3 aromatic carbocycles. The zero-order valence-corrected chi connectivity index (χ0v) is 19.4. The molecule has 0 radical (unpaired) electrons. The standard InChI is InChI=1S/C23H18Cl3NO6/c1-2-32-23(31)22(30)27-14-7-9-15(10-8-14)33-17-11-16(25)21(29)19(26)18(17)20(28)12-3-5-13(24)6-4-12/h3-11,20,28-29H,2H2,1H3,(H,27,30). The van der Waals surface area contributed by atoms with Gasteiger partial charge in [0.25, 0.3) is 0 Å². The zero-order chi connectivity index (χ0) is 24.1. The van der Waals surface area contributed by atoms with Gasteiger partial charge in [-0.1, -0.05) is 46.9 Å². The van der Waals surface area contributed by atoms with Crippen molar-refractivity contribution >= 4 is 52.4 Å². The highest BCUT2D eigenvalue weighted by Gasteiger charge is 2.24. The molecule has 3 N–H and O–H groups in total. The number of esters is 1. The van der Waals surface area contributed by atoms with Crippen molar-refractivity contribution in [1.29, 1.82) is 0 Å². The molecule has 172 valence electrons. The molecular weight excluding hydrogens is 493 g/mol. The number of amides is 1. The topological polar surface area (TPSA) is 105 Å². The second-order valence-corrected chi connectivity index (χ2v) is 7.91. The Morgan fingerprint density at radius 1 is 1.03 bits per heavy atom. The third-order valence-electron chi connectivity index (χ3n) is 4.45. The number of benzene rings is 3. The van der Waals surface area contributed by atoms with Crippen LogP contribution in [0.4, 0.5) is 5.69 Å². The Hall–Kier alpha value is -2.97. The first-order chi connectivity index (χ1) is 15.7. The highest BCUT2D eigenvalue weighted by Crippen LogP contribution is 2.46. The number of ether oxygens (including phenoxy) is 2. The first kappa shape index (κ1) is 24.7. The number of anilines is 1. The summed E-state index contributed by atoms with van der Waals surface area (Å²) in [7, 11) is 0. The average Bonchev–Trinajstić information content (AvgIpc) is 2.79. The van der Waals surface area contributed by atoms with Crippen molar-refractivity contribution in [2.45, 2.75) is 13.0 Å². The molecule has 0 aliphatic rings. The van der Waals surface area contributed by atoms with Crippen LogP contribution in [0.1, 0.15) is 24.2 Å². The van der Waals surface area contributed by atoms with E-state index >= 15 is 0 Å². The summed E-state index contributed by atoms with van der Waals surface area (Å²) in [6.07, 6.45) is -1.25. The Labute approximate surface area is 204 Å². The van der Waals surface area contributed by atoms with Crippen LogP contribution < -0.4 is 10.1 Å². The second-order valence-electron chi connectivity index (χ2n) is 6.69. The van der Waals surface area contributed by atoms with Crippen LogP contribution in [0.15, 0.2) is 54.6 Å². The smallest absolute Gasteiger partial charge is 0.397 e. The van der Waals surface area contributed by atoms with Gasteiger partial charge in [0.2, 0.25) is 0 Å². The van der Waals surface area contributed by atoms with Gasteiger partial charge < -0.3 is 25.0 Å². The van der Waals surface area contributed by atoms with Crippen LogP contribution in [0.5, 0.6) is 17.2 Å². The van der Waals surface area contributed by atoms with Gasteiger partial charge in [-0.3, -0.25) is 4.79 Å². The number of phenols is 1. The van der Waals surface area contributed by atoms with Crippen molar-refractivity contribution in [2.75, 3.05) is 11.9 Å². The van der Waals surface area contributed by atoms with Crippen LogP contribution in [0.3, 0.4) is 0 Å². The zero-order valence-electron chi connectivity index (χ0n) is 17.1. The third kappa shape index (κ3) is 5.89. The summed E-state index contributed by atoms with van der Waals surface area (Å²) < 4.78 is 10.5. The predicted octanol–water partition coefficient (Wildman–Crippen LogP) is 5.73. The van der Waals surface area contributed by atoms with Crippen molar-refractivity contribution in [3.63, 3.8) is 0 Å². The van der Waals surface area contributed by atoms with Crippen molar-refractivity contribution in [3.05, 3.63) is 80.8 Å². The maximum absolute atomic E-state index is 11.8. The van der Waals surface area contributed by atoms with Crippen molar-refractivity contribution in [2.24, 2.45) is 0 Å². The van der Waals surface area contributed by atoms with Gasteiger partial charge in [-0.25, -0.2) is 4.79 Å². The van der Waals surface area contributed by atoms with Crippen LogP contribution in [-0.4, -0.2) is 28.7 Å². The number of carbonyl (C=O) groups is 2. The molecule has 1 atom stereocenters. The minimum atomic E-state index is -1.25. The van der Waals surface area contributed by atoms with Gasteiger partial charge in [0.15, 0.2) is 5.75 Å². The number of nitrogens with one attached hydrogen (secondary N) is 1. The van der Waals surface area contributed by atoms with E-state index in [0.717, 1.165) is 0 Å². The van der Waals surface area contributed by atoms with E-state index in [2.05, 4.69) is 10.1 Å². The summed E-state index contributed by atoms with van der Waals surface area (Å²) >= 11 is 18.3. The molecule has 0 aromatic heterocycles. The molecule has 0 fully saturated rings. The van der Waals surface area contributed by atoms with Gasteiger partial charge in [0.05, 0.1) is 22.2 Å². The molecule has 0 saturated heterocycles. The molecule has 0 saturated carbocycles. The molecule has 7 nitrogen and oxygen atoms in total. The lowest BCUT2D eigenvalue weighted by Gasteiger charge is -2.19. The SMILES string of the molecule is CCOC(=O)C(=O)Nc1ccc(Oc2cc(Cl)c(O)c(Cl)c2C(O)c2ccc(Cl)cc2)cc1. The number of hydrogen-bond donors (Lipinski definition) is 3. The molecule has 3 rings (SSSR count). The normalized spacial score (nSPS) is 11.5. The molecular formula is C23H18Cl3NO6. The Kier molecular flexibility index (Phi) is 8.05. The van der Waals surface area contributed by atoms with Gasteiger partial charge in [0.1, 0.15) is 17.6 Å². The molecule has 1 unspecified atom stereocenters. The van der Waals surface area contributed by atoms with Gasteiger partial charge in [-0.15, -0.1) is 0 Å². The number of carbonyl (C=O) groups excluding carboxylic acids is 2.